The number of rotatable bonds is 8. The summed E-state index contributed by atoms with van der Waals surface area (Å²) in [6, 6.07) is 5.98. The molecular weight excluding hydrogens is 250 g/mol. The number of nitrogens with one attached hydrogen (secondary N) is 1. The average molecular weight is 272 g/mol. The van der Waals surface area contributed by atoms with Gasteiger partial charge in [-0.25, -0.2) is 0 Å². The van der Waals surface area contributed by atoms with Crippen LogP contribution in [-0.4, -0.2) is 26.0 Å². The fourth-order valence-corrected chi connectivity index (χ4v) is 1.98. The Labute approximate surface area is 114 Å². The Morgan fingerprint density at radius 3 is 2.44 bits per heavy atom. The van der Waals surface area contributed by atoms with Gasteiger partial charge < -0.3 is 14.8 Å². The van der Waals surface area contributed by atoms with E-state index in [2.05, 4.69) is 5.32 Å². The Morgan fingerprint density at radius 1 is 1.22 bits per heavy atom. The molecule has 102 valence electrons. The molecule has 0 saturated heterocycles. The molecule has 0 atom stereocenters. The van der Waals surface area contributed by atoms with Gasteiger partial charge in [0.2, 0.25) is 0 Å². The minimum Gasteiger partial charge on any atom is -0.384 e. The van der Waals surface area contributed by atoms with E-state index >= 15 is 0 Å². The quantitative estimate of drug-likeness (QED) is 0.729. The summed E-state index contributed by atoms with van der Waals surface area (Å²) in [5, 5.41) is 4.04. The van der Waals surface area contributed by atoms with E-state index in [1.165, 1.54) is 0 Å². The monoisotopic (exact) mass is 271 g/mol. The normalized spacial score (nSPS) is 10.9. The lowest BCUT2D eigenvalue weighted by Gasteiger charge is -2.17. The molecule has 0 bridgehead atoms. The zero-order valence-corrected chi connectivity index (χ0v) is 12.1. The lowest BCUT2D eigenvalue weighted by Crippen LogP contribution is -2.21. The highest BCUT2D eigenvalue weighted by Crippen LogP contribution is 2.22. The first-order valence-corrected chi connectivity index (χ1v) is 6.78. The minimum atomic E-state index is -0.142. The van der Waals surface area contributed by atoms with Gasteiger partial charge in [0.05, 0.1) is 10.7 Å². The maximum Gasteiger partial charge on any atom is 0.159 e. The molecule has 0 saturated carbocycles. The van der Waals surface area contributed by atoms with Gasteiger partial charge in [0.1, 0.15) is 0 Å². The molecule has 0 aliphatic carbocycles. The Hall–Kier alpha value is -0.770. The highest BCUT2D eigenvalue weighted by molar-refractivity contribution is 6.33. The molecule has 1 aromatic carbocycles. The summed E-state index contributed by atoms with van der Waals surface area (Å²) < 4.78 is 10.9. The van der Waals surface area contributed by atoms with Crippen molar-refractivity contribution >= 4 is 17.3 Å². The highest BCUT2D eigenvalue weighted by atomic mass is 35.5. The third-order valence-corrected chi connectivity index (χ3v) is 2.84. The van der Waals surface area contributed by atoms with Crippen molar-refractivity contribution in [1.82, 2.24) is 0 Å². The molecule has 0 aromatic heterocycles. The van der Waals surface area contributed by atoms with Crippen LogP contribution in [0.15, 0.2) is 18.2 Å². The van der Waals surface area contributed by atoms with Gasteiger partial charge in [-0.2, -0.15) is 0 Å². The van der Waals surface area contributed by atoms with Crippen LogP contribution in [0.5, 0.6) is 0 Å². The predicted octanol–water partition coefficient (Wildman–Crippen LogP) is 3.85. The summed E-state index contributed by atoms with van der Waals surface area (Å²) >= 11 is 6.14. The van der Waals surface area contributed by atoms with Gasteiger partial charge >= 0.3 is 0 Å². The average Bonchev–Trinajstić information content (AvgIpc) is 2.32. The Bertz CT molecular complexity index is 352. The van der Waals surface area contributed by atoms with Crippen molar-refractivity contribution in [3.05, 3.63) is 28.8 Å². The molecule has 0 unspecified atom stereocenters. The van der Waals surface area contributed by atoms with Crippen LogP contribution in [0.4, 0.5) is 5.69 Å². The molecular formula is C14H22ClNO2. The first kappa shape index (κ1) is 15.3. The highest BCUT2D eigenvalue weighted by Gasteiger charge is 2.07. The first-order chi connectivity index (χ1) is 8.67. The van der Waals surface area contributed by atoms with Crippen LogP contribution in [0.3, 0.4) is 0 Å². The van der Waals surface area contributed by atoms with Gasteiger partial charge in [-0.1, -0.05) is 17.7 Å². The van der Waals surface area contributed by atoms with Crippen molar-refractivity contribution in [3.8, 4) is 0 Å². The van der Waals surface area contributed by atoms with E-state index in [9.17, 15) is 0 Å². The number of ether oxygens (including phenoxy) is 2. The third kappa shape index (κ3) is 5.25. The molecule has 0 aliphatic rings. The molecule has 1 aromatic rings. The zero-order valence-electron chi connectivity index (χ0n) is 11.3. The summed E-state index contributed by atoms with van der Waals surface area (Å²) in [4.78, 5) is 0. The number of benzene rings is 1. The van der Waals surface area contributed by atoms with Crippen LogP contribution in [0.2, 0.25) is 5.02 Å². The second kappa shape index (κ2) is 8.35. The van der Waals surface area contributed by atoms with E-state index in [1.54, 1.807) is 0 Å². The maximum atomic E-state index is 6.14. The Morgan fingerprint density at radius 2 is 1.89 bits per heavy atom. The van der Waals surface area contributed by atoms with Crippen molar-refractivity contribution in [2.75, 3.05) is 25.1 Å². The molecule has 0 amide bonds. The van der Waals surface area contributed by atoms with E-state index in [1.807, 2.05) is 39.0 Å². The maximum absolute atomic E-state index is 6.14. The van der Waals surface area contributed by atoms with Crippen molar-refractivity contribution in [2.45, 2.75) is 33.5 Å². The minimum absolute atomic E-state index is 0.142. The fraction of sp³-hybridized carbons (Fsp3) is 0.571. The van der Waals surface area contributed by atoms with Crippen LogP contribution in [0.1, 0.15) is 25.8 Å². The SMILES string of the molecule is CCOC(CCNc1ccc(C)cc1Cl)OCC. The molecule has 1 N–H and O–H groups in total. The fourth-order valence-electron chi connectivity index (χ4n) is 1.67. The second-order valence-electron chi connectivity index (χ2n) is 4.04. The van der Waals surface area contributed by atoms with Crippen LogP contribution in [-0.2, 0) is 9.47 Å². The molecule has 0 heterocycles. The van der Waals surface area contributed by atoms with Gasteiger partial charge in [-0.3, -0.25) is 0 Å². The summed E-state index contributed by atoms with van der Waals surface area (Å²) in [7, 11) is 0. The van der Waals surface area contributed by atoms with Crippen molar-refractivity contribution < 1.29 is 9.47 Å². The van der Waals surface area contributed by atoms with Gasteiger partial charge in [-0.15, -0.1) is 0 Å². The summed E-state index contributed by atoms with van der Waals surface area (Å²) in [6.45, 7) is 8.06. The summed E-state index contributed by atoms with van der Waals surface area (Å²) in [6.07, 6.45) is 0.656. The Balaban J connectivity index is 2.39. The van der Waals surface area contributed by atoms with Gasteiger partial charge in [0.15, 0.2) is 6.29 Å². The largest absolute Gasteiger partial charge is 0.384 e. The van der Waals surface area contributed by atoms with Gasteiger partial charge in [0.25, 0.3) is 0 Å². The Kier molecular flexibility index (Phi) is 7.09. The van der Waals surface area contributed by atoms with Gasteiger partial charge in [-0.05, 0) is 38.5 Å². The second-order valence-corrected chi connectivity index (χ2v) is 4.45. The number of anilines is 1. The van der Waals surface area contributed by atoms with Gasteiger partial charge in [0, 0.05) is 26.2 Å². The summed E-state index contributed by atoms with van der Waals surface area (Å²) in [5.41, 5.74) is 2.11. The van der Waals surface area contributed by atoms with Crippen molar-refractivity contribution in [2.24, 2.45) is 0 Å². The van der Waals surface area contributed by atoms with Crippen molar-refractivity contribution in [3.63, 3.8) is 0 Å². The van der Waals surface area contributed by atoms with E-state index in [-0.39, 0.29) is 6.29 Å². The molecule has 0 radical (unpaired) electrons. The number of hydrogen-bond acceptors (Lipinski definition) is 3. The van der Waals surface area contributed by atoms with Crippen molar-refractivity contribution in [1.29, 1.82) is 0 Å². The molecule has 3 nitrogen and oxygen atoms in total. The smallest absolute Gasteiger partial charge is 0.159 e. The van der Waals surface area contributed by atoms with Crippen LogP contribution in [0, 0.1) is 6.92 Å². The van der Waals surface area contributed by atoms with E-state index in [4.69, 9.17) is 21.1 Å². The lowest BCUT2D eigenvalue weighted by molar-refractivity contribution is -0.137. The topological polar surface area (TPSA) is 30.5 Å². The van der Waals surface area contributed by atoms with E-state index in [0.29, 0.717) is 13.2 Å². The molecule has 0 fully saturated rings. The number of hydrogen-bond donors (Lipinski definition) is 1. The number of halogens is 1. The molecule has 18 heavy (non-hydrogen) atoms. The van der Waals surface area contributed by atoms with E-state index < -0.39 is 0 Å². The zero-order chi connectivity index (χ0) is 13.4. The third-order valence-electron chi connectivity index (χ3n) is 2.53. The predicted molar refractivity (Wildman–Crippen MR) is 76.3 cm³/mol. The van der Waals surface area contributed by atoms with Crippen LogP contribution in [0.25, 0.3) is 0 Å². The molecule has 4 heteroatoms. The van der Waals surface area contributed by atoms with Crippen LogP contribution < -0.4 is 5.32 Å². The molecule has 1 rings (SSSR count). The standard InChI is InChI=1S/C14H22ClNO2/c1-4-17-14(18-5-2)8-9-16-13-7-6-11(3)10-12(13)15/h6-7,10,14,16H,4-5,8-9H2,1-3H3. The molecule has 0 spiro atoms. The van der Waals surface area contributed by atoms with E-state index in [0.717, 1.165) is 29.2 Å². The number of aryl methyl sites for hydroxylation is 1. The first-order valence-electron chi connectivity index (χ1n) is 6.40. The lowest BCUT2D eigenvalue weighted by atomic mass is 10.2. The molecule has 0 aliphatic heterocycles. The van der Waals surface area contributed by atoms with Crippen LogP contribution >= 0.6 is 11.6 Å². The summed E-state index contributed by atoms with van der Waals surface area (Å²) in [5.74, 6) is 0.